The summed E-state index contributed by atoms with van der Waals surface area (Å²) in [5, 5.41) is 11.1. The van der Waals surface area contributed by atoms with Crippen LogP contribution in [0.2, 0.25) is 0 Å². The molecule has 0 amide bonds. The molecule has 0 atom stereocenters. The van der Waals surface area contributed by atoms with Crippen molar-refractivity contribution >= 4 is 39.6 Å². The van der Waals surface area contributed by atoms with Crippen molar-refractivity contribution in [2.24, 2.45) is 4.99 Å². The number of halogens is 1. The maximum Gasteiger partial charge on any atom is 0.363 e. The van der Waals surface area contributed by atoms with Gasteiger partial charge in [0.15, 0.2) is 11.4 Å². The summed E-state index contributed by atoms with van der Waals surface area (Å²) in [6.07, 6.45) is 1.58. The summed E-state index contributed by atoms with van der Waals surface area (Å²) in [7, 11) is 1.34. The number of methoxy groups -OCH3 is 1. The van der Waals surface area contributed by atoms with Gasteiger partial charge in [0, 0.05) is 16.1 Å². The minimum atomic E-state index is -0.621. The van der Waals surface area contributed by atoms with Gasteiger partial charge in [-0.3, -0.25) is 10.1 Å². The quantitative estimate of drug-likeness (QED) is 0.336. The van der Waals surface area contributed by atoms with Gasteiger partial charge in [-0.25, -0.2) is 9.79 Å². The van der Waals surface area contributed by atoms with E-state index in [2.05, 4.69) is 20.9 Å². The molecule has 0 radical (unpaired) electrons. The Hall–Kier alpha value is -3.00. The third-order valence-corrected chi connectivity index (χ3v) is 4.16. The topological polar surface area (TPSA) is 91.0 Å². The number of aliphatic imine (C=N–C) groups is 1. The molecule has 2 aromatic carbocycles. The van der Waals surface area contributed by atoms with Crippen LogP contribution < -0.4 is 4.74 Å². The Morgan fingerprint density at radius 2 is 2.04 bits per heavy atom. The van der Waals surface area contributed by atoms with Gasteiger partial charge in [-0.15, -0.1) is 0 Å². The normalized spacial score (nSPS) is 15.0. The molecule has 0 unspecified atom stereocenters. The lowest BCUT2D eigenvalue weighted by Crippen LogP contribution is -2.06. The smallest absolute Gasteiger partial charge is 0.363 e. The molecule has 0 aromatic heterocycles. The first-order chi connectivity index (χ1) is 12.0. The molecule has 25 heavy (non-hydrogen) atoms. The number of hydrogen-bond donors (Lipinski definition) is 0. The average Bonchev–Trinajstić information content (AvgIpc) is 2.97. The van der Waals surface area contributed by atoms with Crippen molar-refractivity contribution in [3.05, 3.63) is 73.9 Å². The highest BCUT2D eigenvalue weighted by Crippen LogP contribution is 2.30. The molecular formula is C17H11BrN2O5. The van der Waals surface area contributed by atoms with Gasteiger partial charge >= 0.3 is 11.7 Å². The minimum absolute atomic E-state index is 0.00839. The fourth-order valence-electron chi connectivity index (χ4n) is 2.24. The number of rotatable bonds is 4. The highest BCUT2D eigenvalue weighted by Gasteiger charge is 2.26. The second-order valence-electron chi connectivity index (χ2n) is 5.00. The first-order valence-corrected chi connectivity index (χ1v) is 7.89. The van der Waals surface area contributed by atoms with Crippen molar-refractivity contribution in [1.82, 2.24) is 0 Å². The third kappa shape index (κ3) is 3.43. The van der Waals surface area contributed by atoms with Crippen LogP contribution in [0.3, 0.4) is 0 Å². The zero-order valence-corrected chi connectivity index (χ0v) is 14.5. The zero-order chi connectivity index (χ0) is 18.0. The number of ether oxygens (including phenoxy) is 2. The summed E-state index contributed by atoms with van der Waals surface area (Å²) in [5.74, 6) is -0.499. The maximum atomic E-state index is 12.0. The predicted octanol–water partition coefficient (Wildman–Crippen LogP) is 3.71. The lowest BCUT2D eigenvalue weighted by Gasteiger charge is -2.03. The van der Waals surface area contributed by atoms with Crippen molar-refractivity contribution in [3.8, 4) is 5.75 Å². The molecule has 1 heterocycles. The number of nitrogens with zero attached hydrogens (tertiary/aromatic N) is 2. The average molecular weight is 403 g/mol. The Kier molecular flexibility index (Phi) is 4.62. The molecule has 1 aliphatic rings. The van der Waals surface area contributed by atoms with Gasteiger partial charge in [-0.1, -0.05) is 34.1 Å². The molecule has 0 fully saturated rings. The number of cyclic esters (lactones) is 1. The summed E-state index contributed by atoms with van der Waals surface area (Å²) < 4.78 is 10.9. The van der Waals surface area contributed by atoms with Gasteiger partial charge in [-0.05, 0) is 29.8 Å². The zero-order valence-electron chi connectivity index (χ0n) is 12.9. The van der Waals surface area contributed by atoms with E-state index in [0.29, 0.717) is 5.56 Å². The van der Waals surface area contributed by atoms with Crippen LogP contribution in [-0.2, 0) is 9.53 Å². The molecule has 8 heteroatoms. The fourth-order valence-corrected chi connectivity index (χ4v) is 2.64. The number of carbonyl (C=O) groups is 1. The van der Waals surface area contributed by atoms with Crippen LogP contribution in [0.4, 0.5) is 5.69 Å². The van der Waals surface area contributed by atoms with Crippen LogP contribution in [0.5, 0.6) is 5.75 Å². The van der Waals surface area contributed by atoms with Gasteiger partial charge in [-0.2, -0.15) is 0 Å². The van der Waals surface area contributed by atoms with Crippen LogP contribution in [0.25, 0.3) is 6.08 Å². The Morgan fingerprint density at radius 1 is 1.28 bits per heavy atom. The lowest BCUT2D eigenvalue weighted by atomic mass is 10.2. The summed E-state index contributed by atoms with van der Waals surface area (Å²) in [5.41, 5.74) is 0.957. The molecule has 126 valence electrons. The molecule has 0 saturated heterocycles. The fraction of sp³-hybridized carbons (Fsp3) is 0.0588. The number of benzene rings is 2. The number of esters is 1. The van der Waals surface area contributed by atoms with Gasteiger partial charge in [0.25, 0.3) is 0 Å². The van der Waals surface area contributed by atoms with Crippen LogP contribution in [0, 0.1) is 10.1 Å². The van der Waals surface area contributed by atoms with E-state index in [1.54, 1.807) is 12.1 Å². The van der Waals surface area contributed by atoms with Crippen molar-refractivity contribution in [2.45, 2.75) is 0 Å². The third-order valence-electron chi connectivity index (χ3n) is 3.44. The first kappa shape index (κ1) is 16.8. The van der Waals surface area contributed by atoms with E-state index >= 15 is 0 Å². The van der Waals surface area contributed by atoms with Gasteiger partial charge < -0.3 is 9.47 Å². The summed E-state index contributed by atoms with van der Waals surface area (Å²) in [6.45, 7) is 0. The van der Waals surface area contributed by atoms with Crippen molar-refractivity contribution in [2.75, 3.05) is 7.11 Å². The molecule has 7 nitrogen and oxygen atoms in total. The summed E-state index contributed by atoms with van der Waals surface area (Å²) in [4.78, 5) is 26.7. The molecule has 0 saturated carbocycles. The molecule has 0 bridgehead atoms. The minimum Gasteiger partial charge on any atom is -0.490 e. The molecular weight excluding hydrogens is 392 g/mol. The van der Waals surface area contributed by atoms with Crippen LogP contribution in [0.1, 0.15) is 11.1 Å². The van der Waals surface area contributed by atoms with Crippen LogP contribution in [-0.4, -0.2) is 23.9 Å². The molecule has 1 aliphatic heterocycles. The second kappa shape index (κ2) is 6.86. The SMILES string of the molecule is COc1ccc(C2=N/C(=C/c3ccccc3Br)C(=O)O2)cc1[N+](=O)[O-]. The van der Waals surface area contributed by atoms with Crippen LogP contribution >= 0.6 is 15.9 Å². The predicted molar refractivity (Wildman–Crippen MR) is 94.4 cm³/mol. The van der Waals surface area contributed by atoms with Gasteiger partial charge in [0.2, 0.25) is 5.90 Å². The van der Waals surface area contributed by atoms with Crippen molar-refractivity contribution in [1.29, 1.82) is 0 Å². The highest BCUT2D eigenvalue weighted by molar-refractivity contribution is 9.10. The van der Waals surface area contributed by atoms with Crippen molar-refractivity contribution in [3.63, 3.8) is 0 Å². The Morgan fingerprint density at radius 3 is 2.72 bits per heavy atom. The molecule has 0 N–H and O–H groups in total. The van der Waals surface area contributed by atoms with E-state index in [4.69, 9.17) is 9.47 Å². The number of nitro groups is 1. The van der Waals surface area contributed by atoms with Gasteiger partial charge in [0.1, 0.15) is 0 Å². The summed E-state index contributed by atoms with van der Waals surface area (Å²) >= 11 is 3.39. The second-order valence-corrected chi connectivity index (χ2v) is 5.86. The van der Waals surface area contributed by atoms with E-state index in [-0.39, 0.29) is 23.0 Å². The van der Waals surface area contributed by atoms with E-state index in [1.807, 2.05) is 24.3 Å². The maximum absolute atomic E-state index is 12.0. The van der Waals surface area contributed by atoms with E-state index in [9.17, 15) is 14.9 Å². The highest BCUT2D eigenvalue weighted by atomic mass is 79.9. The van der Waals surface area contributed by atoms with Crippen LogP contribution in [0.15, 0.2) is 57.6 Å². The Labute approximate surface area is 150 Å². The Bertz CT molecular complexity index is 936. The summed E-state index contributed by atoms with van der Waals surface area (Å²) in [6, 6.07) is 11.6. The number of carbonyl (C=O) groups excluding carboxylic acids is 1. The molecule has 3 rings (SSSR count). The monoisotopic (exact) mass is 402 g/mol. The molecule has 0 spiro atoms. The van der Waals surface area contributed by atoms with E-state index < -0.39 is 10.9 Å². The Balaban J connectivity index is 1.99. The largest absolute Gasteiger partial charge is 0.490 e. The van der Waals surface area contributed by atoms with Crippen molar-refractivity contribution < 1.29 is 19.2 Å². The van der Waals surface area contributed by atoms with E-state index in [1.165, 1.54) is 19.2 Å². The first-order valence-electron chi connectivity index (χ1n) is 7.09. The lowest BCUT2D eigenvalue weighted by molar-refractivity contribution is -0.385. The van der Waals surface area contributed by atoms with E-state index in [0.717, 1.165) is 10.0 Å². The molecule has 2 aromatic rings. The molecule has 0 aliphatic carbocycles. The number of hydrogen-bond acceptors (Lipinski definition) is 6. The standard InChI is InChI=1S/C17H11BrN2O5/c1-24-15-7-6-11(9-14(15)20(22)23)16-19-13(17(21)25-16)8-10-4-2-3-5-12(10)18/h2-9H,1H3/b13-8+. The number of nitro benzene ring substituents is 1. The van der Waals surface area contributed by atoms with Gasteiger partial charge in [0.05, 0.1) is 12.0 Å².